The summed E-state index contributed by atoms with van der Waals surface area (Å²) in [5.41, 5.74) is 0.851. The summed E-state index contributed by atoms with van der Waals surface area (Å²) in [5, 5.41) is 6.02. The van der Waals surface area contributed by atoms with E-state index in [2.05, 4.69) is 47.4 Å². The van der Waals surface area contributed by atoms with E-state index in [1.807, 2.05) is 7.05 Å². The van der Waals surface area contributed by atoms with Gasteiger partial charge in [0.1, 0.15) is 0 Å². The smallest absolute Gasteiger partial charge is 0.203 e. The summed E-state index contributed by atoms with van der Waals surface area (Å²) in [7, 11) is 1.89. The third-order valence-electron chi connectivity index (χ3n) is 2.89. The average Bonchev–Trinajstić information content (AvgIpc) is 2.49. The van der Waals surface area contributed by atoms with Crippen molar-refractivity contribution in [2.45, 2.75) is 25.3 Å². The standard InChI is InChI=1S/C14H29N3O3S2/c1-12(11-20-10-9-19-8-7-15-2)16-6-4-3-5-13(17-22)14(18)21/h13,15-17,22H,1,3-11H2,2H3,(H,18,21). The first-order valence-electron chi connectivity index (χ1n) is 7.46. The van der Waals surface area contributed by atoms with Crippen molar-refractivity contribution < 1.29 is 14.3 Å². The van der Waals surface area contributed by atoms with Gasteiger partial charge in [-0.15, -0.1) is 12.6 Å². The van der Waals surface area contributed by atoms with Crippen LogP contribution >= 0.6 is 25.4 Å². The third-order valence-corrected chi connectivity index (χ3v) is 3.52. The van der Waals surface area contributed by atoms with E-state index in [9.17, 15) is 4.79 Å². The molecule has 0 aromatic rings. The second kappa shape index (κ2) is 15.6. The summed E-state index contributed by atoms with van der Waals surface area (Å²) in [6.45, 7) is 7.87. The van der Waals surface area contributed by atoms with Crippen LogP contribution in [-0.4, -0.2) is 57.7 Å². The fourth-order valence-electron chi connectivity index (χ4n) is 1.62. The summed E-state index contributed by atoms with van der Waals surface area (Å²) >= 11 is 7.70. The van der Waals surface area contributed by atoms with E-state index in [4.69, 9.17) is 9.47 Å². The Bertz CT molecular complexity index is 307. The number of nitrogens with one attached hydrogen (secondary N) is 3. The molecule has 1 unspecified atom stereocenters. The normalized spacial score (nSPS) is 12.1. The number of hydrogen-bond donors (Lipinski definition) is 5. The molecule has 0 aliphatic carbocycles. The molecule has 8 heteroatoms. The fraction of sp³-hybridized carbons (Fsp3) is 0.786. The van der Waals surface area contributed by atoms with Crippen LogP contribution in [0.5, 0.6) is 0 Å². The first-order chi connectivity index (χ1) is 10.6. The molecule has 0 fully saturated rings. The van der Waals surface area contributed by atoms with Crippen LogP contribution in [0.4, 0.5) is 0 Å². The zero-order valence-corrected chi connectivity index (χ0v) is 15.1. The summed E-state index contributed by atoms with van der Waals surface area (Å²) < 4.78 is 13.4. The number of carbonyl (C=O) groups is 1. The van der Waals surface area contributed by atoms with Gasteiger partial charge in [-0.25, -0.2) is 0 Å². The lowest BCUT2D eigenvalue weighted by molar-refractivity contribution is -0.112. The van der Waals surface area contributed by atoms with Crippen molar-refractivity contribution in [2.24, 2.45) is 0 Å². The number of ether oxygens (including phenoxy) is 2. The first-order valence-corrected chi connectivity index (χ1v) is 8.35. The van der Waals surface area contributed by atoms with Crippen molar-refractivity contribution in [1.82, 2.24) is 15.4 Å². The molecule has 0 rings (SSSR count). The van der Waals surface area contributed by atoms with Crippen LogP contribution in [0.2, 0.25) is 0 Å². The van der Waals surface area contributed by atoms with Crippen LogP contribution in [0.25, 0.3) is 0 Å². The molecule has 0 aliphatic heterocycles. The molecule has 0 amide bonds. The fourth-order valence-corrected chi connectivity index (χ4v) is 2.16. The minimum atomic E-state index is -0.291. The predicted octanol–water partition coefficient (Wildman–Crippen LogP) is 0.772. The first kappa shape index (κ1) is 21.8. The van der Waals surface area contributed by atoms with E-state index < -0.39 is 0 Å². The Hall–Kier alpha value is -0.250. The quantitative estimate of drug-likeness (QED) is 0.209. The van der Waals surface area contributed by atoms with Crippen LogP contribution in [0.1, 0.15) is 19.3 Å². The molecule has 0 aromatic carbocycles. The Morgan fingerprint density at radius 1 is 1.18 bits per heavy atom. The van der Waals surface area contributed by atoms with Crippen LogP contribution in [-0.2, 0) is 14.3 Å². The van der Waals surface area contributed by atoms with Crippen LogP contribution in [0.3, 0.4) is 0 Å². The van der Waals surface area contributed by atoms with E-state index in [1.165, 1.54) is 0 Å². The van der Waals surface area contributed by atoms with Gasteiger partial charge >= 0.3 is 0 Å². The lowest BCUT2D eigenvalue weighted by atomic mass is 10.1. The van der Waals surface area contributed by atoms with E-state index in [0.29, 0.717) is 26.4 Å². The number of rotatable bonds is 16. The Balaban J connectivity index is 3.37. The van der Waals surface area contributed by atoms with Gasteiger partial charge in [-0.2, -0.15) is 0 Å². The van der Waals surface area contributed by atoms with Crippen molar-refractivity contribution in [3.63, 3.8) is 0 Å². The highest BCUT2D eigenvalue weighted by molar-refractivity contribution is 7.96. The van der Waals surface area contributed by atoms with E-state index >= 15 is 0 Å². The molecule has 22 heavy (non-hydrogen) atoms. The summed E-state index contributed by atoms with van der Waals surface area (Å²) in [6.07, 6.45) is 2.57. The van der Waals surface area contributed by atoms with Gasteiger partial charge in [0, 0.05) is 18.8 Å². The number of likely N-dealkylation sites (N-methyl/N-ethyl adjacent to an activating group) is 1. The van der Waals surface area contributed by atoms with Crippen LogP contribution in [0, 0.1) is 0 Å². The Morgan fingerprint density at radius 3 is 2.55 bits per heavy atom. The minimum Gasteiger partial charge on any atom is -0.387 e. The maximum Gasteiger partial charge on any atom is 0.203 e. The maximum atomic E-state index is 11.1. The van der Waals surface area contributed by atoms with E-state index in [1.54, 1.807) is 0 Å². The molecule has 6 nitrogen and oxygen atoms in total. The minimum absolute atomic E-state index is 0.183. The van der Waals surface area contributed by atoms with Gasteiger partial charge < -0.3 is 20.1 Å². The second-order valence-electron chi connectivity index (χ2n) is 4.81. The molecule has 1 atom stereocenters. The number of hydrogen-bond acceptors (Lipinski definition) is 7. The highest BCUT2D eigenvalue weighted by atomic mass is 32.1. The zero-order chi connectivity index (χ0) is 16.6. The number of unbranched alkanes of at least 4 members (excludes halogenated alkanes) is 1. The van der Waals surface area contributed by atoms with Crippen molar-refractivity contribution >= 4 is 30.6 Å². The third kappa shape index (κ3) is 13.4. The lowest BCUT2D eigenvalue weighted by Crippen LogP contribution is -2.27. The van der Waals surface area contributed by atoms with Gasteiger partial charge in [-0.3, -0.25) is 9.52 Å². The molecule has 0 aliphatic rings. The molecule has 0 saturated heterocycles. The molecule has 0 saturated carbocycles. The van der Waals surface area contributed by atoms with Crippen LogP contribution in [0.15, 0.2) is 12.3 Å². The Kier molecular flexibility index (Phi) is 15.5. The van der Waals surface area contributed by atoms with Gasteiger partial charge in [0.05, 0.1) is 32.5 Å². The summed E-state index contributed by atoms with van der Waals surface area (Å²) in [4.78, 5) is 11.1. The number of thiol groups is 2. The summed E-state index contributed by atoms with van der Waals surface area (Å²) in [6, 6.07) is -0.291. The average molecular weight is 352 g/mol. The van der Waals surface area contributed by atoms with Crippen LogP contribution < -0.4 is 15.4 Å². The highest BCUT2D eigenvalue weighted by Gasteiger charge is 2.11. The van der Waals surface area contributed by atoms with Crippen molar-refractivity contribution in [2.75, 3.05) is 46.6 Å². The molecular weight excluding hydrogens is 322 g/mol. The van der Waals surface area contributed by atoms with Gasteiger partial charge in [-0.05, 0) is 26.3 Å². The highest BCUT2D eigenvalue weighted by Crippen LogP contribution is 2.04. The molecule has 3 N–H and O–H groups in total. The van der Waals surface area contributed by atoms with Crippen molar-refractivity contribution in [3.8, 4) is 0 Å². The molecule has 0 radical (unpaired) electrons. The Morgan fingerprint density at radius 2 is 1.91 bits per heavy atom. The van der Waals surface area contributed by atoms with Gasteiger partial charge in [0.15, 0.2) is 0 Å². The van der Waals surface area contributed by atoms with Crippen molar-refractivity contribution in [3.05, 3.63) is 12.3 Å². The zero-order valence-electron chi connectivity index (χ0n) is 13.3. The molecule has 0 spiro atoms. The van der Waals surface area contributed by atoms with Crippen molar-refractivity contribution in [1.29, 1.82) is 0 Å². The lowest BCUT2D eigenvalue weighted by Gasteiger charge is -2.12. The topological polar surface area (TPSA) is 71.6 Å². The molecule has 0 bridgehead atoms. The molecule has 0 aromatic heterocycles. The maximum absolute atomic E-state index is 11.1. The number of carbonyl (C=O) groups excluding carboxylic acids is 1. The predicted molar refractivity (Wildman–Crippen MR) is 96.5 cm³/mol. The summed E-state index contributed by atoms with van der Waals surface area (Å²) in [5.74, 6) is 0. The second-order valence-corrected chi connectivity index (χ2v) is 5.51. The van der Waals surface area contributed by atoms with Gasteiger partial charge in [0.2, 0.25) is 5.12 Å². The molecular formula is C14H29N3O3S2. The largest absolute Gasteiger partial charge is 0.387 e. The van der Waals surface area contributed by atoms with Gasteiger partial charge in [0.25, 0.3) is 0 Å². The Labute approximate surface area is 144 Å². The molecule has 130 valence electrons. The van der Waals surface area contributed by atoms with E-state index in [0.717, 1.165) is 38.0 Å². The SMILES string of the molecule is C=C(COCCOCCNC)NCCCCC(NS)C(=O)S. The molecule has 0 heterocycles. The monoisotopic (exact) mass is 351 g/mol. The van der Waals surface area contributed by atoms with Gasteiger partial charge in [-0.1, -0.05) is 19.4 Å². The van der Waals surface area contributed by atoms with E-state index in [-0.39, 0.29) is 11.2 Å².